The molecule has 10 rings (SSSR count). The normalized spacial score (nSPS) is 17.0. The Labute approximate surface area is 594 Å². The minimum atomic E-state index is -6.21. The molecule has 2 fully saturated rings. The number of amides is 6. The number of allylic oxidation sites excluding steroid dienone is 1. The van der Waals surface area contributed by atoms with E-state index in [1.54, 1.807) is 54.3 Å². The summed E-state index contributed by atoms with van der Waals surface area (Å²) in [5.74, 6) is -3.50. The third kappa shape index (κ3) is 19.7. The zero-order valence-electron chi connectivity index (χ0n) is 56.1. The molecule has 4 aliphatic rings. The van der Waals surface area contributed by atoms with Crippen LogP contribution in [-0.2, 0) is 61.6 Å². The summed E-state index contributed by atoms with van der Waals surface area (Å²) in [5.41, 5.74) is -0.189. The average molecular weight is 1470 g/mol. The van der Waals surface area contributed by atoms with E-state index in [4.69, 9.17) is 25.8 Å². The van der Waals surface area contributed by atoms with Crippen molar-refractivity contribution >= 4 is 101 Å². The number of hydrogen-bond acceptors (Lipinski definition) is 20. The number of anilines is 3. The molecule has 101 heavy (non-hydrogen) atoms. The number of aryl methyl sites for hydroxylation is 1. The quantitative estimate of drug-likeness (QED) is 0.0170. The number of carbonyl (C=O) groups excluding carboxylic acids is 6. The zero-order chi connectivity index (χ0) is 72.1. The molecule has 2 saturated heterocycles. The molecular formula is C70H81ClF3N11O13S3. The van der Waals surface area contributed by atoms with Gasteiger partial charge in [-0.2, -0.15) is 13.2 Å². The number of nitrogens with one attached hydrogen (secondary N) is 4. The summed E-state index contributed by atoms with van der Waals surface area (Å²) >= 11 is 7.55. The number of carbonyl (C=O) groups is 6. The summed E-state index contributed by atoms with van der Waals surface area (Å²) in [7, 11) is -9.60. The number of rotatable bonds is 33. The van der Waals surface area contributed by atoms with E-state index in [9.17, 15) is 58.8 Å². The molecule has 1 aromatic heterocycles. The van der Waals surface area contributed by atoms with Gasteiger partial charge in [0.25, 0.3) is 37.6 Å². The van der Waals surface area contributed by atoms with Crippen molar-refractivity contribution in [1.82, 2.24) is 39.7 Å². The molecule has 31 heteroatoms. The van der Waals surface area contributed by atoms with Gasteiger partial charge in [0.1, 0.15) is 16.6 Å². The molecule has 4 heterocycles. The van der Waals surface area contributed by atoms with Crippen molar-refractivity contribution in [3.63, 3.8) is 0 Å². The van der Waals surface area contributed by atoms with Gasteiger partial charge in [0.15, 0.2) is 0 Å². The lowest BCUT2D eigenvalue weighted by Gasteiger charge is -2.39. The number of halogens is 4. The van der Waals surface area contributed by atoms with Gasteiger partial charge in [-0.15, -0.1) is 16.9 Å². The Balaban J connectivity index is 0.657. The summed E-state index contributed by atoms with van der Waals surface area (Å²) in [6.07, 6.45) is 5.42. The lowest BCUT2D eigenvalue weighted by Crippen LogP contribution is -2.54. The predicted octanol–water partition coefficient (Wildman–Crippen LogP) is 9.09. The molecule has 2 atom stereocenters. The topological polar surface area (TPSA) is 290 Å². The fourth-order valence-electron chi connectivity index (χ4n) is 12.4. The molecule has 24 nitrogen and oxygen atoms in total. The highest BCUT2D eigenvalue weighted by Gasteiger charge is 2.49. The Morgan fingerprint density at radius 3 is 2.26 bits per heavy atom. The van der Waals surface area contributed by atoms with Crippen molar-refractivity contribution in [2.45, 2.75) is 111 Å². The van der Waals surface area contributed by atoms with Crippen molar-refractivity contribution in [3.8, 4) is 0 Å². The van der Waals surface area contributed by atoms with Crippen molar-refractivity contribution < 1.29 is 73.0 Å². The van der Waals surface area contributed by atoms with Crippen LogP contribution < -0.4 is 25.6 Å². The van der Waals surface area contributed by atoms with Gasteiger partial charge >= 0.3 is 5.51 Å². The lowest BCUT2D eigenvalue weighted by molar-refractivity contribution is -0.136. The van der Waals surface area contributed by atoms with Gasteiger partial charge in [0.2, 0.25) is 17.7 Å². The van der Waals surface area contributed by atoms with E-state index in [-0.39, 0.29) is 106 Å². The molecule has 1 aliphatic carbocycles. The Morgan fingerprint density at radius 1 is 0.832 bits per heavy atom. The number of sulfonamides is 1. The summed E-state index contributed by atoms with van der Waals surface area (Å²) in [6.45, 7) is 10.6. The Bertz CT molecular complexity index is 4240. The van der Waals surface area contributed by atoms with Crippen LogP contribution in [0.1, 0.15) is 108 Å². The molecule has 2 unspecified atom stereocenters. The highest BCUT2D eigenvalue weighted by atomic mass is 35.5. The molecule has 0 bridgehead atoms. The number of sulfone groups is 1. The number of benzene rings is 5. The number of thioether (sulfide) groups is 1. The minimum absolute atomic E-state index is 0.0193. The largest absolute Gasteiger partial charge is 0.501 e. The van der Waals surface area contributed by atoms with Crippen molar-refractivity contribution in [2.24, 2.45) is 5.41 Å². The van der Waals surface area contributed by atoms with Gasteiger partial charge in [-0.05, 0) is 134 Å². The second kappa shape index (κ2) is 33.7. The molecule has 6 amide bonds. The maximum absolute atomic E-state index is 14.5. The monoisotopic (exact) mass is 1470 g/mol. The van der Waals surface area contributed by atoms with Gasteiger partial charge in [-0.1, -0.05) is 72.6 Å². The number of nitrogens with zero attached hydrogens (tertiary/aromatic N) is 7. The van der Waals surface area contributed by atoms with Gasteiger partial charge < -0.3 is 34.6 Å². The van der Waals surface area contributed by atoms with Crippen LogP contribution in [0.25, 0.3) is 5.57 Å². The number of ether oxygens (including phenoxy) is 3. The minimum Gasteiger partial charge on any atom is -0.382 e. The number of hydrogen-bond donors (Lipinski definition) is 4. The molecule has 0 saturated carbocycles. The molecule has 540 valence electrons. The van der Waals surface area contributed by atoms with Crippen molar-refractivity contribution in [2.75, 3.05) is 107 Å². The maximum atomic E-state index is 14.5. The number of imide groups is 2. The predicted molar refractivity (Wildman–Crippen MR) is 374 cm³/mol. The van der Waals surface area contributed by atoms with E-state index < -0.39 is 82.5 Å². The van der Waals surface area contributed by atoms with Crippen LogP contribution in [0.4, 0.5) is 30.2 Å². The van der Waals surface area contributed by atoms with Crippen LogP contribution >= 0.6 is 23.4 Å². The number of piperidine rings is 1. The first-order valence-corrected chi connectivity index (χ1v) is 37.5. The molecule has 0 spiro atoms. The number of piperazine rings is 1. The van der Waals surface area contributed by atoms with Crippen LogP contribution in [0.5, 0.6) is 0 Å². The molecule has 0 radical (unpaired) electrons. The van der Waals surface area contributed by atoms with E-state index in [1.165, 1.54) is 51.6 Å². The average Bonchev–Trinajstić information content (AvgIpc) is 1.73. The molecule has 6 aromatic rings. The fraction of sp³-hybridized carbons (Fsp3) is 0.429. The van der Waals surface area contributed by atoms with Crippen molar-refractivity contribution in [1.29, 1.82) is 0 Å². The summed E-state index contributed by atoms with van der Waals surface area (Å²) < 4.78 is 118. The second-order valence-electron chi connectivity index (χ2n) is 25.8. The lowest BCUT2D eigenvalue weighted by atomic mass is 9.73. The highest BCUT2D eigenvalue weighted by molar-refractivity contribution is 7.99. The SMILES string of the molecule is CN(CCC(CSc1ccccc1)Nc1ccc(S(=O)(=O)NC(=O)c2ccc(N3CCN(CC4=C(c5ccc(Cl)cc5)CCC(C)(C)C4)CC3)cc2)cc1S(=O)(=O)C(F)(F)F)C(=O)CCCn1cc(COCCOCCOCCNc2cccc3c2C(=O)N(C2CCC(=O)NC2=O)C3=O)nn1. The van der Waals surface area contributed by atoms with E-state index >= 15 is 0 Å². The van der Waals surface area contributed by atoms with Gasteiger partial charge in [-0.3, -0.25) is 48.6 Å². The van der Waals surface area contributed by atoms with Crippen molar-refractivity contribution in [3.05, 3.63) is 160 Å². The third-order valence-electron chi connectivity index (χ3n) is 17.9. The van der Waals surface area contributed by atoms with E-state index in [0.717, 1.165) is 66.5 Å². The van der Waals surface area contributed by atoms with Gasteiger partial charge in [-0.25, -0.2) is 21.6 Å². The Morgan fingerprint density at radius 2 is 1.54 bits per heavy atom. The standard InChI is InChI=1S/C70H81ClF3N11O13S3/c1-69(2)28-26-56(47-14-18-50(71)19-15-47)49(42-69)43-82-32-34-83(35-33-82)53-20-16-48(17-21-53)65(88)79-101(94,95)55-22-23-58(61(41-55)100(92,93)70(72,73)74)76-51(46-99-54-9-5-4-6-10-54)27-31-81(3)63(87)13-8-30-84-44-52(78-80-84)45-98-40-39-97-38-37-96-36-29-75-59-12-7-11-57-64(59)68(91)85(67(57)90)60-24-25-62(86)77-66(60)89/h4-7,9-12,14-23,41,44,51,60,75-76H,8,13,24-40,42-43,45-46H2,1-3H3,(H,79,88)(H,77,86,89). The maximum Gasteiger partial charge on any atom is 0.501 e. The first kappa shape index (κ1) is 75.4. The van der Waals surface area contributed by atoms with E-state index in [0.29, 0.717) is 55.1 Å². The van der Waals surface area contributed by atoms with Crippen LogP contribution in [0.3, 0.4) is 0 Å². The molecule has 5 aromatic carbocycles. The fourth-order valence-corrected chi connectivity index (χ4v) is 15.6. The molecule has 4 N–H and O–H groups in total. The highest BCUT2D eigenvalue weighted by Crippen LogP contribution is 2.43. The first-order valence-electron chi connectivity index (χ1n) is 33.2. The van der Waals surface area contributed by atoms with Gasteiger partial charge in [0.05, 0.1) is 67.5 Å². The van der Waals surface area contributed by atoms with Gasteiger partial charge in [0, 0.05) is 111 Å². The van der Waals surface area contributed by atoms with Crippen LogP contribution in [0.15, 0.2) is 142 Å². The molecule has 3 aliphatic heterocycles. The Kier molecular flexibility index (Phi) is 25.2. The Hall–Kier alpha value is -8.23. The summed E-state index contributed by atoms with van der Waals surface area (Å²) in [6, 6.07) is 28.5. The van der Waals surface area contributed by atoms with Crippen LogP contribution in [-0.4, -0.2) is 191 Å². The first-order chi connectivity index (χ1) is 48.2. The summed E-state index contributed by atoms with van der Waals surface area (Å²) in [4.78, 5) is 83.0. The van der Waals surface area contributed by atoms with E-state index in [1.807, 2.05) is 35.1 Å². The number of fused-ring (bicyclic) bond motifs is 1. The smallest absolute Gasteiger partial charge is 0.382 e. The summed E-state index contributed by atoms with van der Waals surface area (Å²) in [5, 5.41) is 17.2. The number of aromatic nitrogens is 3. The number of alkyl halides is 3. The van der Waals surface area contributed by atoms with E-state index in [2.05, 4.69) is 62.0 Å². The van der Waals surface area contributed by atoms with Crippen LogP contribution in [0.2, 0.25) is 5.02 Å². The molecular weight excluding hydrogens is 1390 g/mol. The zero-order valence-corrected chi connectivity index (χ0v) is 59.3. The third-order valence-corrected chi connectivity index (χ3v) is 22.2. The van der Waals surface area contributed by atoms with Crippen LogP contribution in [0, 0.1) is 5.41 Å². The second-order valence-corrected chi connectivity index (χ2v) is 30.9.